The summed E-state index contributed by atoms with van der Waals surface area (Å²) in [5.41, 5.74) is 0.648. The number of benzene rings is 2. The van der Waals surface area contributed by atoms with Crippen LogP contribution >= 0.6 is 0 Å². The van der Waals surface area contributed by atoms with Crippen LogP contribution in [0.25, 0.3) is 10.9 Å². The molecule has 0 aliphatic carbocycles. The normalized spacial score (nSPS) is 11.4. The number of hydrogen-bond donors (Lipinski definition) is 2. The van der Waals surface area contributed by atoms with Crippen LogP contribution in [0.2, 0.25) is 5.21 Å². The van der Waals surface area contributed by atoms with Gasteiger partial charge in [0.2, 0.25) is 0 Å². The number of phenols is 1. The van der Waals surface area contributed by atoms with Crippen LogP contribution in [-0.2, 0) is 16.0 Å². The van der Waals surface area contributed by atoms with Gasteiger partial charge in [0.1, 0.15) is 0 Å². The maximum absolute atomic E-state index is 14.7. The van der Waals surface area contributed by atoms with E-state index in [2.05, 4.69) is 0 Å². The zero-order chi connectivity index (χ0) is 21.3. The predicted molar refractivity (Wildman–Crippen MR) is 103 cm³/mol. The van der Waals surface area contributed by atoms with Crippen LogP contribution in [0, 0.1) is 18.6 Å². The van der Waals surface area contributed by atoms with E-state index in [4.69, 9.17) is 5.11 Å². The van der Waals surface area contributed by atoms with E-state index in [0.717, 1.165) is 12.1 Å². The molecule has 3 rings (SSSR count). The molecule has 0 bridgehead atoms. The van der Waals surface area contributed by atoms with E-state index in [-0.39, 0.29) is 43.9 Å². The van der Waals surface area contributed by atoms with E-state index < -0.39 is 45.0 Å². The van der Waals surface area contributed by atoms with Crippen LogP contribution in [0.4, 0.5) is 8.78 Å². The Labute approximate surface area is 170 Å². The zero-order valence-electron chi connectivity index (χ0n) is 15.2. The number of aliphatic carboxylic acids is 1. The average Bonchev–Trinajstić information content (AvgIpc) is 2.94. The zero-order valence-corrected chi connectivity index (χ0v) is 17.3. The van der Waals surface area contributed by atoms with E-state index in [1.54, 1.807) is 0 Å². The molecule has 0 amide bonds. The summed E-state index contributed by atoms with van der Waals surface area (Å²) < 4.78 is 29.1. The molecule has 1 heterocycles. The van der Waals surface area contributed by atoms with E-state index >= 15 is 0 Å². The first-order valence-electron chi connectivity index (χ1n) is 8.50. The van der Waals surface area contributed by atoms with Gasteiger partial charge in [0.05, 0.1) is 0 Å². The van der Waals surface area contributed by atoms with Gasteiger partial charge in [-0.3, -0.25) is 0 Å². The number of rotatable bonds is 6. The molecule has 0 fully saturated rings. The molecule has 6 nitrogen and oxygen atoms in total. The molecule has 29 heavy (non-hydrogen) atoms. The Bertz CT molecular complexity index is 1160. The number of hydrogen-bond acceptors (Lipinski definition) is 4. The van der Waals surface area contributed by atoms with Crippen LogP contribution < -0.4 is 0 Å². The second kappa shape index (κ2) is 8.17. The Morgan fingerprint density at radius 3 is 2.52 bits per heavy atom. The van der Waals surface area contributed by atoms with Crippen molar-refractivity contribution in [2.24, 2.45) is 0 Å². The summed E-state index contributed by atoms with van der Waals surface area (Å²) in [6.07, 6.45) is -0.251. The molecule has 0 saturated heterocycles. The molecular weight excluding hydrogens is 447 g/mol. The first-order chi connectivity index (χ1) is 13.7. The van der Waals surface area contributed by atoms with Crippen LogP contribution in [-0.4, -0.2) is 47.0 Å². The van der Waals surface area contributed by atoms with Gasteiger partial charge in [0.15, 0.2) is 0 Å². The third-order valence-electron chi connectivity index (χ3n) is 4.46. The first kappa shape index (κ1) is 20.7. The third kappa shape index (κ3) is 4.07. The van der Waals surface area contributed by atoms with Gasteiger partial charge < -0.3 is 0 Å². The molecule has 0 radical (unpaired) electrons. The second-order valence-electron chi connectivity index (χ2n) is 6.35. The second-order valence-corrected chi connectivity index (χ2v) is 9.01. The molecule has 0 spiro atoms. The topological polar surface area (TPSA) is 96.6 Å². The number of aromatic hydroxyl groups is 1. The Morgan fingerprint density at radius 1 is 1.14 bits per heavy atom. The molecule has 2 N–H and O–H groups in total. The minimum atomic E-state index is -1.46. The Morgan fingerprint density at radius 2 is 1.86 bits per heavy atom. The summed E-state index contributed by atoms with van der Waals surface area (Å²) in [6, 6.07) is 7.46. The Balaban J connectivity index is 2.15. The molecule has 3 aromatic rings. The van der Waals surface area contributed by atoms with E-state index in [9.17, 15) is 28.3 Å². The molecule has 2 aromatic carbocycles. The van der Waals surface area contributed by atoms with Crippen LogP contribution in [0.1, 0.15) is 21.6 Å². The Kier molecular flexibility index (Phi) is 5.84. The standard InChI is InChI=1S/C20H16AsF2NO5/c1-10-13(8-16(26)21-9-17(27)28)18-14(5-6-15(25)19(18)23)24(10)20(29)11-3-2-4-12(22)7-11/h2-7,21,25H,8-9H2,1H3,(H,27,28). The molecule has 1 atom stereocenters. The van der Waals surface area contributed by atoms with Crippen molar-refractivity contribution in [3.05, 3.63) is 64.9 Å². The molecule has 9 heteroatoms. The first-order valence-corrected chi connectivity index (χ1v) is 11.0. The summed E-state index contributed by atoms with van der Waals surface area (Å²) >= 11 is -1.46. The number of carboxylic acids is 1. The summed E-state index contributed by atoms with van der Waals surface area (Å²) in [5, 5.41) is 18.2. The summed E-state index contributed by atoms with van der Waals surface area (Å²) in [7, 11) is 0. The van der Waals surface area contributed by atoms with Crippen molar-refractivity contribution in [1.82, 2.24) is 4.57 Å². The Hall–Kier alpha value is -2.99. The van der Waals surface area contributed by atoms with Crippen molar-refractivity contribution in [2.45, 2.75) is 18.6 Å². The van der Waals surface area contributed by atoms with Crippen LogP contribution in [0.3, 0.4) is 0 Å². The van der Waals surface area contributed by atoms with Crippen molar-refractivity contribution in [1.29, 1.82) is 0 Å². The molecule has 150 valence electrons. The number of aromatic nitrogens is 1. The third-order valence-corrected chi connectivity index (χ3v) is 6.67. The number of phenolic OH excluding ortho intramolecular Hbond substituents is 1. The minimum absolute atomic E-state index is 0.0377. The van der Waals surface area contributed by atoms with Crippen molar-refractivity contribution in [2.75, 3.05) is 0 Å². The van der Waals surface area contributed by atoms with E-state index in [1.807, 2.05) is 0 Å². The number of halogens is 2. The molecule has 1 unspecified atom stereocenters. The maximum atomic E-state index is 14.7. The fourth-order valence-electron chi connectivity index (χ4n) is 3.15. The van der Waals surface area contributed by atoms with Gasteiger partial charge in [-0.15, -0.1) is 0 Å². The summed E-state index contributed by atoms with van der Waals surface area (Å²) in [6.45, 7) is 1.52. The average molecular weight is 463 g/mol. The van der Waals surface area contributed by atoms with Crippen molar-refractivity contribution < 1.29 is 33.4 Å². The van der Waals surface area contributed by atoms with E-state index in [1.165, 1.54) is 35.8 Å². The number of carboxylic acid groups (broad SMARTS) is 1. The van der Waals surface area contributed by atoms with Gasteiger partial charge in [-0.05, 0) is 0 Å². The predicted octanol–water partition coefficient (Wildman–Crippen LogP) is 2.63. The van der Waals surface area contributed by atoms with E-state index in [0.29, 0.717) is 0 Å². The molecule has 0 saturated carbocycles. The fraction of sp³-hybridized carbons (Fsp3) is 0.150. The van der Waals surface area contributed by atoms with Gasteiger partial charge >= 0.3 is 170 Å². The fourth-order valence-corrected chi connectivity index (χ4v) is 4.51. The molecule has 1 aromatic heterocycles. The number of carbonyl (C=O) groups is 3. The summed E-state index contributed by atoms with van der Waals surface area (Å²) in [4.78, 5) is 36.0. The van der Waals surface area contributed by atoms with Crippen LogP contribution in [0.5, 0.6) is 5.75 Å². The quantitative estimate of drug-likeness (QED) is 0.548. The molecule has 0 aliphatic heterocycles. The number of nitrogens with zero attached hydrogens (tertiary/aromatic N) is 1. The van der Waals surface area contributed by atoms with Gasteiger partial charge in [-0.25, -0.2) is 0 Å². The van der Waals surface area contributed by atoms with Gasteiger partial charge in [-0.2, -0.15) is 0 Å². The van der Waals surface area contributed by atoms with Crippen molar-refractivity contribution in [3.8, 4) is 5.75 Å². The monoisotopic (exact) mass is 463 g/mol. The number of fused-ring (bicyclic) bond motifs is 1. The SMILES string of the molecule is Cc1c(CC(=O)[AsH]CC(=O)O)c2c(F)c(O)ccc2n1C(=O)c1cccc(F)c1. The van der Waals surface area contributed by atoms with Gasteiger partial charge in [-0.1, -0.05) is 0 Å². The van der Waals surface area contributed by atoms with Crippen LogP contribution in [0.15, 0.2) is 36.4 Å². The van der Waals surface area contributed by atoms with Crippen molar-refractivity contribution >= 4 is 43.1 Å². The van der Waals surface area contributed by atoms with Crippen molar-refractivity contribution in [3.63, 3.8) is 0 Å². The molecular formula is C20H16AsF2NO5. The van der Waals surface area contributed by atoms with Gasteiger partial charge in [0.25, 0.3) is 0 Å². The summed E-state index contributed by atoms with van der Waals surface area (Å²) in [5.74, 6) is -3.91. The number of carbonyl (C=O) groups excluding carboxylic acids is 2. The molecule has 0 aliphatic rings. The van der Waals surface area contributed by atoms with Gasteiger partial charge in [0, 0.05) is 0 Å².